The maximum Gasteiger partial charge on any atom is 0.422 e. The molecule has 0 saturated carbocycles. The Morgan fingerprint density at radius 2 is 1.67 bits per heavy atom. The van der Waals surface area contributed by atoms with Gasteiger partial charge in [0.25, 0.3) is 5.89 Å². The molecule has 5 nitrogen and oxygen atoms in total. The van der Waals surface area contributed by atoms with Crippen LogP contribution >= 0.6 is 0 Å². The van der Waals surface area contributed by atoms with E-state index in [9.17, 15) is 13.2 Å². The quantitative estimate of drug-likeness (QED) is 0.820. The molecule has 0 N–H and O–H groups in total. The number of nitrogens with zero attached hydrogens (tertiary/aromatic N) is 2. The maximum absolute atomic E-state index is 12.2. The Morgan fingerprint density at radius 3 is 2.24 bits per heavy atom. The second kappa shape index (κ2) is 6.47. The first kappa shape index (κ1) is 15.1. The van der Waals surface area contributed by atoms with Gasteiger partial charge in [-0.05, 0) is 12.1 Å². The van der Waals surface area contributed by atoms with Gasteiger partial charge < -0.3 is 13.9 Å². The van der Waals surface area contributed by atoms with E-state index in [-0.39, 0.29) is 24.0 Å². The molecule has 0 aliphatic carbocycles. The van der Waals surface area contributed by atoms with Crippen LogP contribution in [-0.4, -0.2) is 23.0 Å². The van der Waals surface area contributed by atoms with Gasteiger partial charge in [0, 0.05) is 6.42 Å². The first-order chi connectivity index (χ1) is 9.98. The third-order valence-corrected chi connectivity index (χ3v) is 2.40. The van der Waals surface area contributed by atoms with Crippen LogP contribution in [0, 0.1) is 0 Å². The zero-order chi connectivity index (χ0) is 15.3. The second-order valence-electron chi connectivity index (χ2n) is 4.08. The standard InChI is InChI=1S/C13H13F3N2O3/c1-2-11-17-18-12(21-11)7-19-9-5-3-4-6-10(9)20-8-13(14,15)16/h3-6H,2,7-8H2,1H3. The molecule has 1 aromatic carbocycles. The molecule has 8 heteroatoms. The van der Waals surface area contributed by atoms with Crippen molar-refractivity contribution in [3.8, 4) is 11.5 Å². The summed E-state index contributed by atoms with van der Waals surface area (Å²) in [6.07, 6.45) is -3.81. The van der Waals surface area contributed by atoms with E-state index in [0.29, 0.717) is 12.3 Å². The lowest BCUT2D eigenvalue weighted by Gasteiger charge is -2.12. The highest BCUT2D eigenvalue weighted by atomic mass is 19.4. The van der Waals surface area contributed by atoms with Gasteiger partial charge in [-0.3, -0.25) is 0 Å². The average Bonchev–Trinajstić information content (AvgIpc) is 2.91. The molecular weight excluding hydrogens is 289 g/mol. The molecule has 0 bridgehead atoms. The molecule has 0 aliphatic rings. The predicted octanol–water partition coefficient (Wildman–Crippen LogP) is 3.15. The number of benzene rings is 1. The Balaban J connectivity index is 1.99. The fraction of sp³-hybridized carbons (Fsp3) is 0.385. The SMILES string of the molecule is CCc1nnc(COc2ccccc2OCC(F)(F)F)o1. The average molecular weight is 302 g/mol. The van der Waals surface area contributed by atoms with Crippen LogP contribution in [0.2, 0.25) is 0 Å². The van der Waals surface area contributed by atoms with Gasteiger partial charge >= 0.3 is 6.18 Å². The molecular formula is C13H13F3N2O3. The van der Waals surface area contributed by atoms with Crippen LogP contribution in [0.1, 0.15) is 18.7 Å². The van der Waals surface area contributed by atoms with Crippen molar-refractivity contribution >= 4 is 0 Å². The Labute approximate surface area is 118 Å². The molecule has 0 spiro atoms. The molecule has 114 valence electrons. The van der Waals surface area contributed by atoms with E-state index in [2.05, 4.69) is 10.2 Å². The van der Waals surface area contributed by atoms with Crippen molar-refractivity contribution in [2.45, 2.75) is 26.1 Å². The number of hydrogen-bond donors (Lipinski definition) is 0. The number of hydrogen-bond acceptors (Lipinski definition) is 5. The lowest BCUT2D eigenvalue weighted by Crippen LogP contribution is -2.19. The molecule has 0 fully saturated rings. The summed E-state index contributed by atoms with van der Waals surface area (Å²) in [6.45, 7) is 0.436. The minimum absolute atomic E-state index is 0.00468. The summed E-state index contributed by atoms with van der Waals surface area (Å²) in [7, 11) is 0. The molecule has 1 aromatic heterocycles. The van der Waals surface area contributed by atoms with E-state index in [4.69, 9.17) is 13.9 Å². The van der Waals surface area contributed by atoms with E-state index in [1.807, 2.05) is 6.92 Å². The van der Waals surface area contributed by atoms with E-state index >= 15 is 0 Å². The molecule has 0 atom stereocenters. The van der Waals surface area contributed by atoms with Crippen LogP contribution in [0.25, 0.3) is 0 Å². The number of aromatic nitrogens is 2. The Kier molecular flexibility index (Phi) is 4.66. The minimum atomic E-state index is -4.41. The zero-order valence-corrected chi connectivity index (χ0v) is 11.2. The summed E-state index contributed by atoms with van der Waals surface area (Å²) in [5, 5.41) is 7.52. The van der Waals surface area contributed by atoms with Gasteiger partial charge in [-0.2, -0.15) is 13.2 Å². The summed E-state index contributed by atoms with van der Waals surface area (Å²) in [4.78, 5) is 0. The van der Waals surface area contributed by atoms with Crippen molar-refractivity contribution in [1.29, 1.82) is 0 Å². The van der Waals surface area contributed by atoms with Crippen LogP contribution in [0.4, 0.5) is 13.2 Å². The van der Waals surface area contributed by atoms with Gasteiger partial charge in [0.05, 0.1) is 0 Å². The number of ether oxygens (including phenoxy) is 2. The minimum Gasteiger partial charge on any atom is -0.480 e. The molecule has 1 heterocycles. The molecule has 0 radical (unpaired) electrons. The van der Waals surface area contributed by atoms with Gasteiger partial charge in [0.1, 0.15) is 0 Å². The second-order valence-corrected chi connectivity index (χ2v) is 4.08. The van der Waals surface area contributed by atoms with Crippen molar-refractivity contribution in [3.63, 3.8) is 0 Å². The van der Waals surface area contributed by atoms with Crippen molar-refractivity contribution < 1.29 is 27.1 Å². The molecule has 0 amide bonds. The largest absolute Gasteiger partial charge is 0.480 e. The van der Waals surface area contributed by atoms with Gasteiger partial charge in [0.15, 0.2) is 24.7 Å². The number of halogens is 3. The normalized spacial score (nSPS) is 11.4. The Bertz CT molecular complexity index is 584. The van der Waals surface area contributed by atoms with Crippen LogP contribution in [0.5, 0.6) is 11.5 Å². The van der Waals surface area contributed by atoms with Gasteiger partial charge in [-0.15, -0.1) is 10.2 Å². The van der Waals surface area contributed by atoms with Crippen LogP contribution in [-0.2, 0) is 13.0 Å². The van der Waals surface area contributed by atoms with Crippen molar-refractivity contribution in [1.82, 2.24) is 10.2 Å². The van der Waals surface area contributed by atoms with Crippen LogP contribution < -0.4 is 9.47 Å². The lowest BCUT2D eigenvalue weighted by atomic mass is 10.3. The summed E-state index contributed by atoms with van der Waals surface area (Å²) in [5.41, 5.74) is 0. The summed E-state index contributed by atoms with van der Waals surface area (Å²) in [6, 6.07) is 6.08. The van der Waals surface area contributed by atoms with Crippen LogP contribution in [0.3, 0.4) is 0 Å². The topological polar surface area (TPSA) is 57.4 Å². The first-order valence-corrected chi connectivity index (χ1v) is 6.20. The van der Waals surface area contributed by atoms with E-state index in [1.165, 1.54) is 12.1 Å². The van der Waals surface area contributed by atoms with E-state index in [1.54, 1.807) is 12.1 Å². The summed E-state index contributed by atoms with van der Waals surface area (Å²) < 4.78 is 51.8. The molecule has 21 heavy (non-hydrogen) atoms. The van der Waals surface area contributed by atoms with Gasteiger partial charge in [-0.25, -0.2) is 0 Å². The fourth-order valence-electron chi connectivity index (χ4n) is 1.48. The summed E-state index contributed by atoms with van der Waals surface area (Å²) in [5.74, 6) is 0.899. The van der Waals surface area contributed by atoms with Crippen molar-refractivity contribution in [3.05, 3.63) is 36.0 Å². The van der Waals surface area contributed by atoms with Crippen molar-refractivity contribution in [2.75, 3.05) is 6.61 Å². The molecule has 2 rings (SSSR count). The smallest absolute Gasteiger partial charge is 0.422 e. The Morgan fingerprint density at radius 1 is 1.05 bits per heavy atom. The highest BCUT2D eigenvalue weighted by molar-refractivity contribution is 5.39. The zero-order valence-electron chi connectivity index (χ0n) is 11.2. The van der Waals surface area contributed by atoms with E-state index in [0.717, 1.165) is 0 Å². The number of aryl methyl sites for hydroxylation is 1. The fourth-order valence-corrected chi connectivity index (χ4v) is 1.48. The Hall–Kier alpha value is -2.25. The highest BCUT2D eigenvalue weighted by Gasteiger charge is 2.29. The van der Waals surface area contributed by atoms with Crippen LogP contribution in [0.15, 0.2) is 28.7 Å². The molecule has 0 unspecified atom stereocenters. The highest BCUT2D eigenvalue weighted by Crippen LogP contribution is 2.29. The van der Waals surface area contributed by atoms with Gasteiger partial charge in [-0.1, -0.05) is 19.1 Å². The monoisotopic (exact) mass is 302 g/mol. The lowest BCUT2D eigenvalue weighted by molar-refractivity contribution is -0.153. The third kappa shape index (κ3) is 4.66. The molecule has 0 aliphatic heterocycles. The summed E-state index contributed by atoms with van der Waals surface area (Å²) >= 11 is 0. The number of rotatable bonds is 6. The molecule has 2 aromatic rings. The number of alkyl halides is 3. The third-order valence-electron chi connectivity index (χ3n) is 2.40. The predicted molar refractivity (Wildman–Crippen MR) is 66.0 cm³/mol. The first-order valence-electron chi connectivity index (χ1n) is 6.20. The molecule has 0 saturated heterocycles. The maximum atomic E-state index is 12.2. The van der Waals surface area contributed by atoms with Gasteiger partial charge in [0.2, 0.25) is 5.89 Å². The number of para-hydroxylation sites is 2. The van der Waals surface area contributed by atoms with Crippen molar-refractivity contribution in [2.24, 2.45) is 0 Å². The van der Waals surface area contributed by atoms with E-state index < -0.39 is 12.8 Å².